The van der Waals surface area contributed by atoms with Gasteiger partial charge >= 0.3 is 0 Å². The smallest absolute Gasteiger partial charge is 0.219 e. The Bertz CT molecular complexity index is 547. The standard InChI is InChI=1S/C16H18N2O/c1-12-2-6-15(7-3-12)19-16-10-13(8-9-17-16)11-18-14-4-5-14/h2-3,6-10,14,18H,4-5,11H2,1H3. The van der Waals surface area contributed by atoms with Gasteiger partial charge in [0, 0.05) is 24.8 Å². The zero-order chi connectivity index (χ0) is 13.1. The summed E-state index contributed by atoms with van der Waals surface area (Å²) in [6.45, 7) is 2.95. The summed E-state index contributed by atoms with van der Waals surface area (Å²) in [6, 6.07) is 12.7. The van der Waals surface area contributed by atoms with Crippen molar-refractivity contribution in [2.75, 3.05) is 0 Å². The van der Waals surface area contributed by atoms with Gasteiger partial charge in [0.15, 0.2) is 0 Å². The molecule has 3 heteroatoms. The molecule has 1 N–H and O–H groups in total. The summed E-state index contributed by atoms with van der Waals surface area (Å²) < 4.78 is 5.76. The van der Waals surface area contributed by atoms with Crippen LogP contribution in [-0.4, -0.2) is 11.0 Å². The fourth-order valence-corrected chi connectivity index (χ4v) is 1.89. The molecule has 3 nitrogen and oxygen atoms in total. The summed E-state index contributed by atoms with van der Waals surface area (Å²) in [7, 11) is 0. The molecule has 2 aromatic rings. The van der Waals surface area contributed by atoms with Crippen LogP contribution in [0.15, 0.2) is 42.6 Å². The predicted octanol–water partition coefficient (Wildman–Crippen LogP) is 3.43. The van der Waals surface area contributed by atoms with Gasteiger partial charge < -0.3 is 10.1 Å². The number of benzene rings is 1. The van der Waals surface area contributed by atoms with E-state index in [1.807, 2.05) is 36.4 Å². The summed E-state index contributed by atoms with van der Waals surface area (Å²) in [4.78, 5) is 4.25. The largest absolute Gasteiger partial charge is 0.439 e. The Balaban J connectivity index is 1.66. The van der Waals surface area contributed by atoms with Crippen LogP contribution < -0.4 is 10.1 Å². The van der Waals surface area contributed by atoms with Crippen LogP contribution in [0.4, 0.5) is 0 Å². The molecule has 1 aromatic carbocycles. The third-order valence-electron chi connectivity index (χ3n) is 3.21. The van der Waals surface area contributed by atoms with Crippen LogP contribution in [-0.2, 0) is 6.54 Å². The number of nitrogens with zero attached hydrogens (tertiary/aromatic N) is 1. The lowest BCUT2D eigenvalue weighted by molar-refractivity contribution is 0.461. The summed E-state index contributed by atoms with van der Waals surface area (Å²) in [5, 5.41) is 3.49. The van der Waals surface area contributed by atoms with Crippen molar-refractivity contribution in [1.29, 1.82) is 0 Å². The molecule has 1 aliphatic rings. The summed E-state index contributed by atoms with van der Waals surface area (Å²) >= 11 is 0. The molecule has 19 heavy (non-hydrogen) atoms. The summed E-state index contributed by atoms with van der Waals surface area (Å²) in [5.41, 5.74) is 2.44. The third kappa shape index (κ3) is 3.55. The predicted molar refractivity (Wildman–Crippen MR) is 75.4 cm³/mol. The Labute approximate surface area is 113 Å². The van der Waals surface area contributed by atoms with E-state index >= 15 is 0 Å². The Morgan fingerprint density at radius 3 is 2.74 bits per heavy atom. The third-order valence-corrected chi connectivity index (χ3v) is 3.21. The van der Waals surface area contributed by atoms with Gasteiger partial charge in [-0.05, 0) is 43.5 Å². The van der Waals surface area contributed by atoms with Crippen molar-refractivity contribution in [3.8, 4) is 11.6 Å². The number of hydrogen-bond donors (Lipinski definition) is 1. The zero-order valence-electron chi connectivity index (χ0n) is 11.1. The maximum atomic E-state index is 5.76. The molecule has 0 atom stereocenters. The Morgan fingerprint density at radius 2 is 2.00 bits per heavy atom. The van der Waals surface area contributed by atoms with Crippen LogP contribution in [0.2, 0.25) is 0 Å². The minimum atomic E-state index is 0.652. The Kier molecular flexibility index (Phi) is 3.47. The monoisotopic (exact) mass is 254 g/mol. The van der Waals surface area contributed by atoms with Gasteiger partial charge in [-0.3, -0.25) is 0 Å². The summed E-state index contributed by atoms with van der Waals surface area (Å²) in [6.07, 6.45) is 4.41. The van der Waals surface area contributed by atoms with Crippen LogP contribution in [0.1, 0.15) is 24.0 Å². The van der Waals surface area contributed by atoms with Gasteiger partial charge in [0.1, 0.15) is 5.75 Å². The molecule has 0 aliphatic heterocycles. The SMILES string of the molecule is Cc1ccc(Oc2cc(CNC3CC3)ccn2)cc1. The lowest BCUT2D eigenvalue weighted by Gasteiger charge is -2.07. The van der Waals surface area contributed by atoms with Gasteiger partial charge in [-0.2, -0.15) is 0 Å². The van der Waals surface area contributed by atoms with E-state index in [1.54, 1.807) is 6.20 Å². The van der Waals surface area contributed by atoms with E-state index in [0.717, 1.165) is 18.3 Å². The number of hydrogen-bond acceptors (Lipinski definition) is 3. The molecule has 0 radical (unpaired) electrons. The van der Waals surface area contributed by atoms with Crippen molar-refractivity contribution < 1.29 is 4.74 Å². The van der Waals surface area contributed by atoms with Gasteiger partial charge in [-0.25, -0.2) is 4.98 Å². The molecule has 1 aromatic heterocycles. The highest BCUT2D eigenvalue weighted by Crippen LogP contribution is 2.22. The van der Waals surface area contributed by atoms with E-state index < -0.39 is 0 Å². The molecule has 0 unspecified atom stereocenters. The highest BCUT2D eigenvalue weighted by molar-refractivity contribution is 5.31. The molecule has 1 aliphatic carbocycles. The first-order valence-electron chi connectivity index (χ1n) is 6.72. The molecule has 0 bridgehead atoms. The number of aryl methyl sites for hydroxylation is 1. The molecule has 1 saturated carbocycles. The van der Waals surface area contributed by atoms with Gasteiger partial charge in [-0.15, -0.1) is 0 Å². The van der Waals surface area contributed by atoms with Crippen molar-refractivity contribution in [1.82, 2.24) is 10.3 Å². The Hall–Kier alpha value is -1.87. The lowest BCUT2D eigenvalue weighted by Crippen LogP contribution is -2.15. The molecule has 3 rings (SSSR count). The molecule has 0 saturated heterocycles. The number of aromatic nitrogens is 1. The second kappa shape index (κ2) is 5.41. The van der Waals surface area contributed by atoms with E-state index in [9.17, 15) is 0 Å². The molecule has 0 amide bonds. The van der Waals surface area contributed by atoms with Crippen LogP contribution in [0.5, 0.6) is 11.6 Å². The van der Waals surface area contributed by atoms with E-state index in [0.29, 0.717) is 5.88 Å². The number of ether oxygens (including phenoxy) is 1. The van der Waals surface area contributed by atoms with E-state index in [1.165, 1.54) is 24.0 Å². The number of nitrogens with one attached hydrogen (secondary N) is 1. The number of rotatable bonds is 5. The maximum absolute atomic E-state index is 5.76. The first-order chi connectivity index (χ1) is 9.29. The molecule has 1 heterocycles. The van der Waals surface area contributed by atoms with Gasteiger partial charge in [-0.1, -0.05) is 17.7 Å². The van der Waals surface area contributed by atoms with Crippen LogP contribution in [0, 0.1) is 6.92 Å². The van der Waals surface area contributed by atoms with E-state index in [-0.39, 0.29) is 0 Å². The Morgan fingerprint density at radius 1 is 1.21 bits per heavy atom. The minimum absolute atomic E-state index is 0.652. The van der Waals surface area contributed by atoms with Crippen LogP contribution in [0.3, 0.4) is 0 Å². The van der Waals surface area contributed by atoms with Crippen molar-refractivity contribution >= 4 is 0 Å². The van der Waals surface area contributed by atoms with Crippen molar-refractivity contribution in [3.05, 3.63) is 53.7 Å². The van der Waals surface area contributed by atoms with Crippen LogP contribution in [0.25, 0.3) is 0 Å². The lowest BCUT2D eigenvalue weighted by atomic mass is 10.2. The molecular formula is C16H18N2O. The highest BCUT2D eigenvalue weighted by atomic mass is 16.5. The van der Waals surface area contributed by atoms with E-state index in [2.05, 4.69) is 17.2 Å². The highest BCUT2D eigenvalue weighted by Gasteiger charge is 2.19. The van der Waals surface area contributed by atoms with Gasteiger partial charge in [0.2, 0.25) is 5.88 Å². The van der Waals surface area contributed by atoms with Crippen LogP contribution >= 0.6 is 0 Å². The van der Waals surface area contributed by atoms with Gasteiger partial charge in [0.05, 0.1) is 0 Å². The topological polar surface area (TPSA) is 34.1 Å². The average molecular weight is 254 g/mol. The van der Waals surface area contributed by atoms with E-state index in [4.69, 9.17) is 4.74 Å². The quantitative estimate of drug-likeness (QED) is 0.887. The van der Waals surface area contributed by atoms with Crippen molar-refractivity contribution in [2.45, 2.75) is 32.4 Å². The van der Waals surface area contributed by atoms with Crippen molar-refractivity contribution in [2.24, 2.45) is 0 Å². The maximum Gasteiger partial charge on any atom is 0.219 e. The average Bonchev–Trinajstić information content (AvgIpc) is 3.24. The first-order valence-corrected chi connectivity index (χ1v) is 6.72. The molecule has 1 fully saturated rings. The fraction of sp³-hybridized carbons (Fsp3) is 0.312. The molecule has 0 spiro atoms. The molecule has 98 valence electrons. The minimum Gasteiger partial charge on any atom is -0.439 e. The van der Waals surface area contributed by atoms with Crippen molar-refractivity contribution in [3.63, 3.8) is 0 Å². The normalized spacial score (nSPS) is 14.4. The second-order valence-electron chi connectivity index (χ2n) is 5.07. The second-order valence-corrected chi connectivity index (χ2v) is 5.07. The first kappa shape index (κ1) is 12.2. The fourth-order valence-electron chi connectivity index (χ4n) is 1.89. The molecular weight excluding hydrogens is 236 g/mol. The number of pyridine rings is 1. The summed E-state index contributed by atoms with van der Waals surface area (Å²) in [5.74, 6) is 1.48. The van der Waals surface area contributed by atoms with Gasteiger partial charge in [0.25, 0.3) is 0 Å². The zero-order valence-corrected chi connectivity index (χ0v) is 11.1.